The van der Waals surface area contributed by atoms with Crippen LogP contribution in [0.25, 0.3) is 0 Å². The monoisotopic (exact) mass is 396 g/mol. The van der Waals surface area contributed by atoms with E-state index >= 15 is 0 Å². The summed E-state index contributed by atoms with van der Waals surface area (Å²) in [5, 5.41) is 2.47. The largest absolute Gasteiger partial charge is 0.348 e. The molecule has 2 aromatic rings. The van der Waals surface area contributed by atoms with Crippen molar-refractivity contribution in [1.29, 1.82) is 0 Å². The van der Waals surface area contributed by atoms with Crippen molar-refractivity contribution in [1.82, 2.24) is 5.32 Å². The van der Waals surface area contributed by atoms with E-state index in [0.29, 0.717) is 5.56 Å². The number of halogens is 2. The van der Waals surface area contributed by atoms with Crippen molar-refractivity contribution < 1.29 is 22.0 Å². The zero-order valence-electron chi connectivity index (χ0n) is 15.6. The predicted molar refractivity (Wildman–Crippen MR) is 101 cm³/mol. The van der Waals surface area contributed by atoms with E-state index in [2.05, 4.69) is 26.1 Å². The highest BCUT2D eigenvalue weighted by Gasteiger charge is 2.16. The van der Waals surface area contributed by atoms with Crippen molar-refractivity contribution in [3.8, 4) is 0 Å². The summed E-state index contributed by atoms with van der Waals surface area (Å²) in [5.74, 6) is -2.37. The number of anilines is 1. The zero-order chi connectivity index (χ0) is 20.4. The third-order valence-electron chi connectivity index (χ3n) is 3.88. The van der Waals surface area contributed by atoms with Gasteiger partial charge in [-0.25, -0.2) is 17.2 Å². The Morgan fingerprint density at radius 3 is 2.00 bits per heavy atom. The third-order valence-corrected chi connectivity index (χ3v) is 4.49. The van der Waals surface area contributed by atoms with Crippen LogP contribution in [-0.4, -0.2) is 20.6 Å². The molecule has 0 aliphatic carbocycles. The first kappa shape index (κ1) is 20.8. The lowest BCUT2D eigenvalue weighted by Crippen LogP contribution is -2.24. The molecule has 146 valence electrons. The molecule has 0 saturated carbocycles. The highest BCUT2D eigenvalue weighted by atomic mass is 32.2. The molecule has 2 N–H and O–H groups in total. The number of amides is 1. The number of nitrogens with one attached hydrogen (secondary N) is 2. The SMILES string of the molecule is CC(C)(C)c1ccc(C(=O)NCc2c(F)cc(NS(C)(=O)=O)cc2F)cc1. The number of benzene rings is 2. The summed E-state index contributed by atoms with van der Waals surface area (Å²) >= 11 is 0. The van der Waals surface area contributed by atoms with Crippen molar-refractivity contribution in [2.75, 3.05) is 11.0 Å². The Labute approximate surface area is 157 Å². The molecule has 5 nitrogen and oxygen atoms in total. The summed E-state index contributed by atoms with van der Waals surface area (Å²) in [6.07, 6.45) is 0.877. The fourth-order valence-electron chi connectivity index (χ4n) is 2.44. The van der Waals surface area contributed by atoms with E-state index in [9.17, 15) is 22.0 Å². The van der Waals surface area contributed by atoms with Crippen molar-refractivity contribution in [2.45, 2.75) is 32.7 Å². The maximum atomic E-state index is 14.1. The molecular formula is C19H22F2N2O3S. The molecule has 0 bridgehead atoms. The molecule has 0 heterocycles. The van der Waals surface area contributed by atoms with Gasteiger partial charge in [0.1, 0.15) is 11.6 Å². The van der Waals surface area contributed by atoms with Crippen LogP contribution in [0, 0.1) is 11.6 Å². The summed E-state index contributed by atoms with van der Waals surface area (Å²) in [6.45, 7) is 5.79. The van der Waals surface area contributed by atoms with E-state index in [1.807, 2.05) is 16.9 Å². The summed E-state index contributed by atoms with van der Waals surface area (Å²) in [4.78, 5) is 12.2. The highest BCUT2D eigenvalue weighted by Crippen LogP contribution is 2.22. The van der Waals surface area contributed by atoms with E-state index < -0.39 is 27.6 Å². The second-order valence-electron chi connectivity index (χ2n) is 7.30. The number of carbonyl (C=O) groups is 1. The molecule has 0 radical (unpaired) electrons. The van der Waals surface area contributed by atoms with Gasteiger partial charge in [0.05, 0.1) is 11.9 Å². The lowest BCUT2D eigenvalue weighted by atomic mass is 9.87. The number of carbonyl (C=O) groups excluding carboxylic acids is 1. The van der Waals surface area contributed by atoms with Crippen LogP contribution in [0.1, 0.15) is 42.3 Å². The van der Waals surface area contributed by atoms with E-state index in [4.69, 9.17) is 0 Å². The van der Waals surface area contributed by atoms with Crippen LogP contribution < -0.4 is 10.0 Å². The van der Waals surface area contributed by atoms with Crippen LogP contribution >= 0.6 is 0 Å². The van der Waals surface area contributed by atoms with Gasteiger partial charge in [-0.3, -0.25) is 9.52 Å². The summed E-state index contributed by atoms with van der Waals surface area (Å²) < 4.78 is 52.5. The van der Waals surface area contributed by atoms with Crippen LogP contribution in [0.15, 0.2) is 36.4 Å². The Hall–Kier alpha value is -2.48. The molecule has 1 amide bonds. The first-order valence-electron chi connectivity index (χ1n) is 8.21. The Bertz CT molecular complexity index is 927. The maximum Gasteiger partial charge on any atom is 0.251 e. The molecule has 0 fully saturated rings. The molecule has 0 atom stereocenters. The number of hydrogen-bond acceptors (Lipinski definition) is 3. The Balaban J connectivity index is 2.11. The average molecular weight is 396 g/mol. The van der Waals surface area contributed by atoms with Gasteiger partial charge in [0.25, 0.3) is 5.91 Å². The molecule has 27 heavy (non-hydrogen) atoms. The summed E-state index contributed by atoms with van der Waals surface area (Å²) in [7, 11) is -3.65. The van der Waals surface area contributed by atoms with Gasteiger partial charge in [-0.15, -0.1) is 0 Å². The molecule has 0 aromatic heterocycles. The van der Waals surface area contributed by atoms with Gasteiger partial charge in [-0.05, 0) is 35.2 Å². The van der Waals surface area contributed by atoms with Gasteiger partial charge in [0.15, 0.2) is 0 Å². The van der Waals surface area contributed by atoms with Gasteiger partial charge < -0.3 is 5.32 Å². The zero-order valence-corrected chi connectivity index (χ0v) is 16.4. The van der Waals surface area contributed by atoms with E-state index in [1.54, 1.807) is 12.1 Å². The van der Waals surface area contributed by atoms with Crippen LogP contribution in [0.3, 0.4) is 0 Å². The first-order chi connectivity index (χ1) is 12.4. The van der Waals surface area contributed by atoms with Crippen LogP contribution in [-0.2, 0) is 22.0 Å². The van der Waals surface area contributed by atoms with Crippen molar-refractivity contribution in [3.05, 3.63) is 64.7 Å². The molecule has 2 aromatic carbocycles. The Morgan fingerprint density at radius 1 is 1.04 bits per heavy atom. The molecule has 0 aliphatic rings. The molecule has 0 spiro atoms. The van der Waals surface area contributed by atoms with Crippen LogP contribution in [0.4, 0.5) is 14.5 Å². The predicted octanol–water partition coefficient (Wildman–Crippen LogP) is 3.56. The quantitative estimate of drug-likeness (QED) is 0.811. The summed E-state index contributed by atoms with van der Waals surface area (Å²) in [6, 6.07) is 8.71. The minimum absolute atomic E-state index is 0.0526. The van der Waals surface area contributed by atoms with Crippen LogP contribution in [0.2, 0.25) is 0 Å². The molecule has 0 unspecified atom stereocenters. The molecule has 0 saturated heterocycles. The van der Waals surface area contributed by atoms with Crippen LogP contribution in [0.5, 0.6) is 0 Å². The standard InChI is InChI=1S/C19H22F2N2O3S/c1-19(2,3)13-7-5-12(6-8-13)18(24)22-11-15-16(20)9-14(10-17(15)21)23-27(4,25)26/h5-10,23H,11H2,1-4H3,(H,22,24). The number of sulfonamides is 1. The highest BCUT2D eigenvalue weighted by molar-refractivity contribution is 7.92. The number of rotatable bonds is 5. The molecule has 2 rings (SSSR count). The van der Waals surface area contributed by atoms with Gasteiger partial charge >= 0.3 is 0 Å². The average Bonchev–Trinajstić information content (AvgIpc) is 2.51. The van der Waals surface area contributed by atoms with Crippen molar-refractivity contribution >= 4 is 21.6 Å². The first-order valence-corrected chi connectivity index (χ1v) is 10.1. The van der Waals surface area contributed by atoms with Gasteiger partial charge in [0, 0.05) is 17.7 Å². The smallest absolute Gasteiger partial charge is 0.251 e. The molecule has 0 aliphatic heterocycles. The normalized spacial score (nSPS) is 11.9. The lowest BCUT2D eigenvalue weighted by molar-refractivity contribution is 0.0950. The maximum absolute atomic E-state index is 14.1. The fourth-order valence-corrected chi connectivity index (χ4v) is 2.98. The number of hydrogen-bond donors (Lipinski definition) is 2. The lowest BCUT2D eigenvalue weighted by Gasteiger charge is -2.19. The fraction of sp³-hybridized carbons (Fsp3) is 0.316. The van der Waals surface area contributed by atoms with E-state index in [0.717, 1.165) is 24.0 Å². The van der Waals surface area contributed by atoms with Crippen molar-refractivity contribution in [2.24, 2.45) is 0 Å². The second-order valence-corrected chi connectivity index (χ2v) is 9.05. The molecule has 8 heteroatoms. The Morgan fingerprint density at radius 2 is 1.56 bits per heavy atom. The Kier molecular flexibility index (Phi) is 5.89. The topological polar surface area (TPSA) is 75.3 Å². The third kappa shape index (κ3) is 5.75. The second kappa shape index (κ2) is 7.64. The van der Waals surface area contributed by atoms with Crippen molar-refractivity contribution in [3.63, 3.8) is 0 Å². The summed E-state index contributed by atoms with van der Waals surface area (Å²) in [5.41, 5.74) is 0.807. The van der Waals surface area contributed by atoms with E-state index in [-0.39, 0.29) is 23.2 Å². The minimum atomic E-state index is -3.65. The molecular weight excluding hydrogens is 374 g/mol. The van der Waals surface area contributed by atoms with Gasteiger partial charge in [0.2, 0.25) is 10.0 Å². The minimum Gasteiger partial charge on any atom is -0.348 e. The van der Waals surface area contributed by atoms with Gasteiger partial charge in [-0.2, -0.15) is 0 Å². The van der Waals surface area contributed by atoms with Gasteiger partial charge in [-0.1, -0.05) is 32.9 Å². The van der Waals surface area contributed by atoms with E-state index in [1.165, 1.54) is 0 Å².